The predicted octanol–water partition coefficient (Wildman–Crippen LogP) is 5.43. The maximum atomic E-state index is 14.2. The van der Waals surface area contributed by atoms with Gasteiger partial charge in [-0.1, -0.05) is 60.2 Å². The lowest BCUT2D eigenvalue weighted by atomic mass is 9.92. The molecule has 0 spiro atoms. The van der Waals surface area contributed by atoms with Gasteiger partial charge in [0.2, 0.25) is 0 Å². The highest BCUT2D eigenvalue weighted by Gasteiger charge is 2.37. The molecular weight excluding hydrogens is 586 g/mol. The number of anilines is 1. The Morgan fingerprint density at radius 3 is 2.63 bits per heavy atom. The topological polar surface area (TPSA) is 86.3 Å². The number of piperidine rings is 1. The Kier molecular flexibility index (Phi) is 8.27. The molecule has 0 amide bonds. The largest absolute Gasteiger partial charge is 0.496 e. The molecule has 43 heavy (non-hydrogen) atoms. The number of esters is 1. The van der Waals surface area contributed by atoms with Crippen LogP contribution in [0.25, 0.3) is 11.8 Å². The van der Waals surface area contributed by atoms with Gasteiger partial charge in [-0.25, -0.2) is 9.79 Å². The number of ether oxygens (including phenoxy) is 2. The van der Waals surface area contributed by atoms with Crippen LogP contribution in [0.4, 0.5) is 5.88 Å². The molecule has 1 fully saturated rings. The van der Waals surface area contributed by atoms with Gasteiger partial charge in [-0.3, -0.25) is 9.36 Å². The molecule has 1 atom stereocenters. The average Bonchev–Trinajstić information content (AvgIpc) is 3.61. The van der Waals surface area contributed by atoms with Crippen LogP contribution in [0.3, 0.4) is 0 Å². The number of carbonyl (C=O) groups excluding carboxylic acids is 1. The molecule has 1 saturated heterocycles. The molecular formula is C33H32ClN3O5S. The Morgan fingerprint density at radius 2 is 1.91 bits per heavy atom. The molecule has 6 rings (SSSR count). The van der Waals surface area contributed by atoms with E-state index in [4.69, 9.17) is 30.5 Å². The fourth-order valence-electron chi connectivity index (χ4n) is 5.60. The molecule has 2 aliphatic rings. The van der Waals surface area contributed by atoms with Gasteiger partial charge in [0.25, 0.3) is 5.56 Å². The number of thiazole rings is 1. The predicted molar refractivity (Wildman–Crippen MR) is 168 cm³/mol. The fraction of sp³-hybridized carbons (Fsp3) is 0.303. The van der Waals surface area contributed by atoms with Crippen LogP contribution in [0.15, 0.2) is 80.4 Å². The number of fused-ring (bicyclic) bond motifs is 1. The van der Waals surface area contributed by atoms with Crippen molar-refractivity contribution in [2.24, 2.45) is 10.9 Å². The molecule has 2 aromatic carbocycles. The molecule has 8 nitrogen and oxygen atoms in total. The molecule has 0 unspecified atom stereocenters. The first kappa shape index (κ1) is 29.0. The van der Waals surface area contributed by atoms with Crippen LogP contribution in [0, 0.1) is 5.92 Å². The Bertz CT molecular complexity index is 1870. The summed E-state index contributed by atoms with van der Waals surface area (Å²) in [6, 6.07) is 17.5. The molecule has 2 aromatic heterocycles. The van der Waals surface area contributed by atoms with Crippen LogP contribution in [0.5, 0.6) is 5.75 Å². The zero-order valence-electron chi connectivity index (χ0n) is 24.2. The lowest BCUT2D eigenvalue weighted by Gasteiger charge is -2.29. The van der Waals surface area contributed by atoms with E-state index in [2.05, 4.69) is 11.8 Å². The first-order valence-electron chi connectivity index (χ1n) is 14.3. The van der Waals surface area contributed by atoms with E-state index in [1.165, 1.54) is 15.9 Å². The number of furan rings is 1. The van der Waals surface area contributed by atoms with Gasteiger partial charge in [-0.05, 0) is 49.9 Å². The van der Waals surface area contributed by atoms with Crippen molar-refractivity contribution in [1.29, 1.82) is 0 Å². The van der Waals surface area contributed by atoms with Crippen molar-refractivity contribution in [3.63, 3.8) is 0 Å². The zero-order chi connectivity index (χ0) is 30.1. The van der Waals surface area contributed by atoms with Gasteiger partial charge >= 0.3 is 5.97 Å². The normalized spacial score (nSPS) is 17.5. The minimum Gasteiger partial charge on any atom is -0.496 e. The van der Waals surface area contributed by atoms with Crippen LogP contribution in [-0.2, 0) is 9.53 Å². The summed E-state index contributed by atoms with van der Waals surface area (Å²) in [5.41, 5.74) is 1.62. The summed E-state index contributed by atoms with van der Waals surface area (Å²) in [7, 11) is 1.54. The van der Waals surface area contributed by atoms with Gasteiger partial charge in [-0.15, -0.1) is 0 Å². The van der Waals surface area contributed by atoms with Gasteiger partial charge in [0.05, 0.1) is 29.5 Å². The maximum absolute atomic E-state index is 14.2. The van der Waals surface area contributed by atoms with Crippen molar-refractivity contribution in [3.05, 3.63) is 108 Å². The van der Waals surface area contributed by atoms with Crippen molar-refractivity contribution >= 4 is 46.6 Å². The summed E-state index contributed by atoms with van der Waals surface area (Å²) in [6.45, 7) is 6.05. The van der Waals surface area contributed by atoms with E-state index in [1.807, 2.05) is 42.5 Å². The first-order valence-corrected chi connectivity index (χ1v) is 15.5. The third-order valence-corrected chi connectivity index (χ3v) is 9.06. The number of aromatic nitrogens is 1. The zero-order valence-corrected chi connectivity index (χ0v) is 25.8. The number of nitrogens with zero attached hydrogens (tertiary/aromatic N) is 3. The second-order valence-corrected chi connectivity index (χ2v) is 12.1. The van der Waals surface area contributed by atoms with Gasteiger partial charge in [0.15, 0.2) is 10.7 Å². The van der Waals surface area contributed by atoms with E-state index >= 15 is 0 Å². The summed E-state index contributed by atoms with van der Waals surface area (Å²) in [4.78, 5) is 35.4. The summed E-state index contributed by atoms with van der Waals surface area (Å²) in [5, 5.41) is 0.439. The van der Waals surface area contributed by atoms with Crippen LogP contribution in [0.1, 0.15) is 49.6 Å². The van der Waals surface area contributed by atoms with Crippen LogP contribution in [0.2, 0.25) is 5.02 Å². The van der Waals surface area contributed by atoms with Crippen LogP contribution >= 0.6 is 22.9 Å². The third kappa shape index (κ3) is 5.67. The highest BCUT2D eigenvalue weighted by Crippen LogP contribution is 2.39. The Morgan fingerprint density at radius 1 is 1.14 bits per heavy atom. The minimum absolute atomic E-state index is 0.158. The molecule has 0 saturated carbocycles. The smallest absolute Gasteiger partial charge is 0.338 e. The number of benzene rings is 2. The summed E-state index contributed by atoms with van der Waals surface area (Å²) < 4.78 is 19.4. The van der Waals surface area contributed by atoms with Crippen LogP contribution in [-0.4, -0.2) is 37.3 Å². The van der Waals surface area contributed by atoms with Gasteiger partial charge < -0.3 is 18.8 Å². The minimum atomic E-state index is -0.899. The second-order valence-electron chi connectivity index (χ2n) is 10.7. The summed E-state index contributed by atoms with van der Waals surface area (Å²) in [6.07, 6.45) is 3.98. The van der Waals surface area contributed by atoms with Crippen molar-refractivity contribution in [3.8, 4) is 5.75 Å². The van der Waals surface area contributed by atoms with E-state index in [-0.39, 0.29) is 17.7 Å². The SMILES string of the molecule is CCOC(=O)C1=C(c2ccccc2)N=c2s/c(=C\c3ccc(N4CCC(C)CC4)o3)c(=O)n2[C@@H]1c1cc(Cl)ccc1OC. The highest BCUT2D eigenvalue weighted by molar-refractivity contribution is 7.07. The lowest BCUT2D eigenvalue weighted by molar-refractivity contribution is -0.138. The fourth-order valence-corrected chi connectivity index (χ4v) is 6.76. The molecule has 4 aromatic rings. The van der Waals surface area contributed by atoms with Crippen molar-refractivity contribution in [1.82, 2.24) is 4.57 Å². The molecule has 4 heterocycles. The Hall–Kier alpha value is -4.08. The van der Waals surface area contributed by atoms with Gasteiger partial charge in [0, 0.05) is 41.4 Å². The molecule has 0 radical (unpaired) electrons. The number of rotatable bonds is 7. The van der Waals surface area contributed by atoms with Crippen LogP contribution < -0.4 is 24.5 Å². The van der Waals surface area contributed by atoms with E-state index in [0.29, 0.717) is 43.0 Å². The molecule has 10 heteroatoms. The highest BCUT2D eigenvalue weighted by atomic mass is 35.5. The molecule has 2 aliphatic heterocycles. The van der Waals surface area contributed by atoms with E-state index in [1.54, 1.807) is 38.3 Å². The molecule has 222 valence electrons. The van der Waals surface area contributed by atoms with Crippen molar-refractivity contribution < 1.29 is 18.7 Å². The number of halogens is 1. The second kappa shape index (κ2) is 12.3. The first-order chi connectivity index (χ1) is 20.9. The molecule has 0 N–H and O–H groups in total. The number of hydrogen-bond donors (Lipinski definition) is 0. The molecule has 0 bridgehead atoms. The van der Waals surface area contributed by atoms with Crippen molar-refractivity contribution in [2.45, 2.75) is 32.7 Å². The maximum Gasteiger partial charge on any atom is 0.338 e. The standard InChI is InChI=1S/C33H32ClN3O5S/c1-4-41-32(39)28-29(21-8-6-5-7-9-21)35-33-37(30(28)24-18-22(34)10-12-25(24)40-3)31(38)26(43-33)19-23-11-13-27(42-23)36-16-14-20(2)15-17-36/h5-13,18-20,30H,4,14-17H2,1-3H3/b26-19-/t30-/m1/s1. The molecule has 0 aliphatic carbocycles. The number of carbonyl (C=O) groups is 1. The third-order valence-electron chi connectivity index (χ3n) is 7.84. The monoisotopic (exact) mass is 617 g/mol. The quantitative estimate of drug-likeness (QED) is 0.257. The van der Waals surface area contributed by atoms with Gasteiger partial charge in [0.1, 0.15) is 17.6 Å². The van der Waals surface area contributed by atoms with Gasteiger partial charge in [-0.2, -0.15) is 0 Å². The van der Waals surface area contributed by atoms with E-state index < -0.39 is 12.0 Å². The van der Waals surface area contributed by atoms with Crippen molar-refractivity contribution in [2.75, 3.05) is 31.7 Å². The lowest BCUT2D eigenvalue weighted by Crippen LogP contribution is -2.40. The van der Waals surface area contributed by atoms with E-state index in [9.17, 15) is 9.59 Å². The van der Waals surface area contributed by atoms with E-state index in [0.717, 1.165) is 37.4 Å². The summed E-state index contributed by atoms with van der Waals surface area (Å²) in [5.74, 6) is 1.98. The number of hydrogen-bond acceptors (Lipinski definition) is 8. The summed E-state index contributed by atoms with van der Waals surface area (Å²) >= 11 is 7.71. The average molecular weight is 618 g/mol. The number of methoxy groups -OCH3 is 1. The Labute approximate surface area is 258 Å². The Balaban J connectivity index is 1.56.